The van der Waals surface area contributed by atoms with Crippen LogP contribution < -0.4 is 4.90 Å². The van der Waals surface area contributed by atoms with Crippen LogP contribution in [-0.4, -0.2) is 17.7 Å². The van der Waals surface area contributed by atoms with E-state index < -0.39 is 6.10 Å². The Kier molecular flexibility index (Phi) is 6.12. The minimum absolute atomic E-state index is 0.411. The van der Waals surface area contributed by atoms with Gasteiger partial charge in [-0.3, -0.25) is 0 Å². The second-order valence-corrected chi connectivity index (χ2v) is 7.56. The topological polar surface area (TPSA) is 23.5 Å². The van der Waals surface area contributed by atoms with Gasteiger partial charge in [-0.1, -0.05) is 32.8 Å². The van der Waals surface area contributed by atoms with Crippen molar-refractivity contribution in [1.82, 2.24) is 0 Å². The van der Waals surface area contributed by atoms with Gasteiger partial charge in [-0.25, -0.2) is 0 Å². The monoisotopic (exact) mass is 353 g/mol. The van der Waals surface area contributed by atoms with Crippen molar-refractivity contribution in [2.45, 2.75) is 65.0 Å². The molecule has 0 amide bonds. The van der Waals surface area contributed by atoms with Crippen LogP contribution in [0.2, 0.25) is 0 Å². The Morgan fingerprint density at radius 1 is 1.24 bits per heavy atom. The first kappa shape index (κ1) is 16.8. The smallest absolute Gasteiger partial charge is 0.0762 e. The van der Waals surface area contributed by atoms with Gasteiger partial charge in [0.15, 0.2) is 0 Å². The summed E-state index contributed by atoms with van der Waals surface area (Å²) in [5.41, 5.74) is 2.26. The molecule has 0 bridgehead atoms. The minimum atomic E-state index is -0.411. The molecule has 1 N–H and O–H groups in total. The zero-order valence-electron chi connectivity index (χ0n) is 13.5. The average molecular weight is 354 g/mol. The molecule has 2 rings (SSSR count). The molecule has 1 atom stereocenters. The molecule has 2 nitrogen and oxygen atoms in total. The molecular weight excluding hydrogens is 326 g/mol. The van der Waals surface area contributed by atoms with Crippen LogP contribution in [0.15, 0.2) is 22.7 Å². The summed E-state index contributed by atoms with van der Waals surface area (Å²) in [5.74, 6) is 0.726. The molecule has 1 aromatic rings. The highest BCUT2D eigenvalue weighted by molar-refractivity contribution is 9.10. The van der Waals surface area contributed by atoms with E-state index in [0.29, 0.717) is 6.04 Å². The number of hydrogen-bond donors (Lipinski definition) is 1. The Bertz CT molecular complexity index is 453. The van der Waals surface area contributed by atoms with Gasteiger partial charge in [0.1, 0.15) is 0 Å². The van der Waals surface area contributed by atoms with Crippen molar-refractivity contribution < 1.29 is 5.11 Å². The molecule has 0 saturated heterocycles. The number of anilines is 1. The van der Waals surface area contributed by atoms with Crippen molar-refractivity contribution in [1.29, 1.82) is 0 Å². The Morgan fingerprint density at radius 2 is 1.90 bits per heavy atom. The zero-order chi connectivity index (χ0) is 15.4. The van der Waals surface area contributed by atoms with Crippen molar-refractivity contribution in [2.24, 2.45) is 5.92 Å². The minimum Gasteiger partial charge on any atom is -0.389 e. The molecule has 0 aromatic heterocycles. The van der Waals surface area contributed by atoms with E-state index in [1.165, 1.54) is 37.8 Å². The second kappa shape index (κ2) is 7.64. The van der Waals surface area contributed by atoms with E-state index in [4.69, 9.17) is 0 Å². The third-order valence-electron chi connectivity index (χ3n) is 4.48. The highest BCUT2D eigenvalue weighted by Crippen LogP contribution is 2.35. The van der Waals surface area contributed by atoms with Crippen LogP contribution in [0.5, 0.6) is 0 Å². The van der Waals surface area contributed by atoms with E-state index >= 15 is 0 Å². The predicted molar refractivity (Wildman–Crippen MR) is 93.8 cm³/mol. The molecular formula is C18H28BrNO. The molecule has 1 saturated carbocycles. The summed E-state index contributed by atoms with van der Waals surface area (Å²) in [6.45, 7) is 7.51. The fourth-order valence-electron chi connectivity index (χ4n) is 3.13. The van der Waals surface area contributed by atoms with Crippen LogP contribution in [0.25, 0.3) is 0 Å². The highest BCUT2D eigenvalue weighted by Gasteiger charge is 2.24. The lowest BCUT2D eigenvalue weighted by Crippen LogP contribution is -2.35. The first-order valence-corrected chi connectivity index (χ1v) is 9.02. The molecule has 1 aliphatic carbocycles. The number of aliphatic hydroxyl groups excluding tert-OH is 1. The van der Waals surface area contributed by atoms with Crippen LogP contribution in [0.1, 0.15) is 64.5 Å². The maximum Gasteiger partial charge on any atom is 0.0762 e. The van der Waals surface area contributed by atoms with Gasteiger partial charge >= 0.3 is 0 Å². The fraction of sp³-hybridized carbons (Fsp3) is 0.667. The molecule has 0 spiro atoms. The van der Waals surface area contributed by atoms with Crippen LogP contribution in [-0.2, 0) is 0 Å². The lowest BCUT2D eigenvalue weighted by molar-refractivity contribution is 0.199. The van der Waals surface area contributed by atoms with Crippen LogP contribution in [0.3, 0.4) is 0 Å². The molecule has 21 heavy (non-hydrogen) atoms. The van der Waals surface area contributed by atoms with E-state index in [0.717, 1.165) is 22.5 Å². The van der Waals surface area contributed by atoms with Gasteiger partial charge in [0.05, 0.1) is 11.8 Å². The Morgan fingerprint density at radius 3 is 2.43 bits per heavy atom. The third kappa shape index (κ3) is 4.46. The van der Waals surface area contributed by atoms with E-state index in [1.54, 1.807) is 0 Å². The molecule has 1 aliphatic rings. The molecule has 3 heteroatoms. The van der Waals surface area contributed by atoms with Gasteiger partial charge < -0.3 is 10.0 Å². The first-order chi connectivity index (χ1) is 9.99. The fourth-order valence-corrected chi connectivity index (χ4v) is 3.75. The second-order valence-electron chi connectivity index (χ2n) is 6.70. The maximum absolute atomic E-state index is 9.73. The normalized spacial score (nSPS) is 17.4. The molecule has 1 fully saturated rings. The van der Waals surface area contributed by atoms with Gasteiger partial charge in [-0.2, -0.15) is 0 Å². The highest BCUT2D eigenvalue weighted by atomic mass is 79.9. The number of hydrogen-bond acceptors (Lipinski definition) is 2. The number of halogens is 1. The Balaban J connectivity index is 2.22. The van der Waals surface area contributed by atoms with Gasteiger partial charge in [0, 0.05) is 17.1 Å². The SMILES string of the molecule is CC(C)CCN(c1ccc([C@H](C)O)cc1Br)C1CCCC1. The number of nitrogens with zero attached hydrogens (tertiary/aromatic N) is 1. The maximum atomic E-state index is 9.73. The molecule has 0 radical (unpaired) electrons. The standard InChI is InChI=1S/C18H28BrNO/c1-13(2)10-11-20(16-6-4-5-7-16)18-9-8-15(14(3)21)12-17(18)19/h8-9,12-14,16,21H,4-7,10-11H2,1-3H3/t14-/m0/s1. The van der Waals surface area contributed by atoms with Crippen molar-refractivity contribution in [3.05, 3.63) is 28.2 Å². The van der Waals surface area contributed by atoms with E-state index in [1.807, 2.05) is 6.92 Å². The quantitative estimate of drug-likeness (QED) is 0.750. The molecule has 0 heterocycles. The first-order valence-electron chi connectivity index (χ1n) is 8.23. The van der Waals surface area contributed by atoms with E-state index in [-0.39, 0.29) is 0 Å². The van der Waals surface area contributed by atoms with Crippen LogP contribution in [0.4, 0.5) is 5.69 Å². The number of aliphatic hydroxyl groups is 1. The predicted octanol–water partition coefficient (Wildman–Crippen LogP) is 5.30. The Labute approximate surface area is 137 Å². The molecule has 118 valence electrons. The van der Waals surface area contributed by atoms with Crippen molar-refractivity contribution in [3.8, 4) is 0 Å². The lowest BCUT2D eigenvalue weighted by Gasteiger charge is -2.33. The summed E-state index contributed by atoms with van der Waals surface area (Å²) in [7, 11) is 0. The van der Waals surface area contributed by atoms with Crippen molar-refractivity contribution in [3.63, 3.8) is 0 Å². The number of benzene rings is 1. The summed E-state index contributed by atoms with van der Waals surface area (Å²) in [6.07, 6.45) is 6.14. The van der Waals surface area contributed by atoms with E-state index in [9.17, 15) is 5.11 Å². The van der Waals surface area contributed by atoms with E-state index in [2.05, 4.69) is 52.9 Å². The van der Waals surface area contributed by atoms with Crippen molar-refractivity contribution >= 4 is 21.6 Å². The third-order valence-corrected chi connectivity index (χ3v) is 5.11. The summed E-state index contributed by atoms with van der Waals surface area (Å²) in [4.78, 5) is 2.59. The molecule has 0 aliphatic heterocycles. The molecule has 0 unspecified atom stereocenters. The van der Waals surface area contributed by atoms with Gasteiger partial charge in [-0.15, -0.1) is 0 Å². The average Bonchev–Trinajstić information content (AvgIpc) is 2.94. The van der Waals surface area contributed by atoms with Crippen LogP contribution >= 0.6 is 15.9 Å². The summed E-state index contributed by atoms with van der Waals surface area (Å²) in [5, 5.41) is 9.73. The summed E-state index contributed by atoms with van der Waals surface area (Å²) >= 11 is 3.72. The summed E-state index contributed by atoms with van der Waals surface area (Å²) < 4.78 is 1.11. The largest absolute Gasteiger partial charge is 0.389 e. The zero-order valence-corrected chi connectivity index (χ0v) is 15.1. The number of rotatable bonds is 6. The van der Waals surface area contributed by atoms with Gasteiger partial charge in [0.25, 0.3) is 0 Å². The Hall–Kier alpha value is -0.540. The summed E-state index contributed by atoms with van der Waals surface area (Å²) in [6, 6.07) is 6.97. The van der Waals surface area contributed by atoms with Crippen molar-refractivity contribution in [2.75, 3.05) is 11.4 Å². The van der Waals surface area contributed by atoms with Gasteiger partial charge in [-0.05, 0) is 65.7 Å². The van der Waals surface area contributed by atoms with Gasteiger partial charge in [0.2, 0.25) is 0 Å². The lowest BCUT2D eigenvalue weighted by atomic mass is 10.1. The molecule has 1 aromatic carbocycles. The van der Waals surface area contributed by atoms with Crippen LogP contribution in [0, 0.1) is 5.92 Å².